The first-order chi connectivity index (χ1) is 16.9. The fraction of sp³-hybridized carbons (Fsp3) is 0.542. The van der Waals surface area contributed by atoms with Crippen molar-refractivity contribution in [2.45, 2.75) is 44.5 Å². The number of aliphatic carboxylic acids is 1. The van der Waals surface area contributed by atoms with Gasteiger partial charge in [-0.1, -0.05) is 38.1 Å². The van der Waals surface area contributed by atoms with Gasteiger partial charge in [0, 0.05) is 32.1 Å². The summed E-state index contributed by atoms with van der Waals surface area (Å²) in [7, 11) is 0. The Kier molecular flexibility index (Phi) is 10.7. The lowest BCUT2D eigenvalue weighted by Gasteiger charge is -2.37. The number of hydrogen-bond donors (Lipinski definition) is 4. The summed E-state index contributed by atoms with van der Waals surface area (Å²) in [6.45, 7) is 6.51. The molecule has 12 heteroatoms. The minimum Gasteiger partial charge on any atom is -0.489 e. The molecule has 1 fully saturated rings. The molecule has 2 heterocycles. The zero-order chi connectivity index (χ0) is 26.8. The Morgan fingerprint density at radius 3 is 2.53 bits per heavy atom. The Morgan fingerprint density at radius 2 is 1.92 bits per heavy atom. The zero-order valence-corrected chi connectivity index (χ0v) is 20.2. The second-order valence-corrected chi connectivity index (χ2v) is 8.82. The van der Waals surface area contributed by atoms with Crippen molar-refractivity contribution in [3.63, 3.8) is 0 Å². The number of ether oxygens (including phenoxy) is 2. The molecule has 200 valence electrons. The van der Waals surface area contributed by atoms with Gasteiger partial charge in [0.1, 0.15) is 12.4 Å². The SMILES string of the molecule is CC(C)C[C@H]1CNC(=O)c2ccccc2OC/C=C\CC2(CNCCO2)C(=O)N1.O=C(O)C(F)(F)F. The van der Waals surface area contributed by atoms with Gasteiger partial charge in [-0.05, 0) is 24.5 Å². The molecule has 1 spiro atoms. The summed E-state index contributed by atoms with van der Waals surface area (Å²) in [4.78, 5) is 34.8. The maximum absolute atomic E-state index is 13.2. The standard InChI is InChI=1S/C22H31N3O4.C2HF3O2/c1-16(2)13-17-14-24-20(26)18-7-3-4-8-19(18)28-11-6-5-9-22(21(27)25-17)15-23-10-12-29-22;3-2(4,5)1(6)7/h3-8,16-17,23H,9-15H2,1-2H3,(H,24,26)(H,25,27);(H,6,7)/b6-5-;/t17-,22?;/m0./s1. The predicted octanol–water partition coefficient (Wildman–Crippen LogP) is 2.28. The van der Waals surface area contributed by atoms with E-state index < -0.39 is 17.7 Å². The third-order valence-corrected chi connectivity index (χ3v) is 5.41. The number of carboxylic acids is 1. The zero-order valence-electron chi connectivity index (χ0n) is 20.2. The molecule has 0 bridgehead atoms. The Labute approximate surface area is 207 Å². The van der Waals surface area contributed by atoms with E-state index >= 15 is 0 Å². The maximum Gasteiger partial charge on any atom is 0.490 e. The molecule has 2 atom stereocenters. The van der Waals surface area contributed by atoms with Crippen LogP contribution in [0.15, 0.2) is 36.4 Å². The topological polar surface area (TPSA) is 126 Å². The summed E-state index contributed by atoms with van der Waals surface area (Å²) in [6, 6.07) is 7.00. The van der Waals surface area contributed by atoms with E-state index in [4.69, 9.17) is 19.4 Å². The largest absolute Gasteiger partial charge is 0.490 e. The number of alkyl halides is 3. The van der Waals surface area contributed by atoms with Crippen LogP contribution >= 0.6 is 0 Å². The highest BCUT2D eigenvalue weighted by atomic mass is 19.4. The number of morpholine rings is 1. The van der Waals surface area contributed by atoms with Crippen molar-refractivity contribution >= 4 is 17.8 Å². The first kappa shape index (κ1) is 29.1. The molecule has 4 N–H and O–H groups in total. The quantitative estimate of drug-likeness (QED) is 0.445. The van der Waals surface area contributed by atoms with Gasteiger partial charge in [0.2, 0.25) is 0 Å². The van der Waals surface area contributed by atoms with E-state index in [2.05, 4.69) is 29.8 Å². The number of amides is 2. The van der Waals surface area contributed by atoms with Gasteiger partial charge in [0.05, 0.1) is 12.2 Å². The molecule has 2 amide bonds. The highest BCUT2D eigenvalue weighted by molar-refractivity contribution is 5.97. The van der Waals surface area contributed by atoms with E-state index in [0.29, 0.717) is 50.0 Å². The number of carbonyl (C=O) groups is 3. The fourth-order valence-corrected chi connectivity index (χ4v) is 3.68. The van der Waals surface area contributed by atoms with Crippen LogP contribution in [-0.2, 0) is 14.3 Å². The number of hydrogen-bond acceptors (Lipinski definition) is 6. The second-order valence-electron chi connectivity index (χ2n) is 8.82. The van der Waals surface area contributed by atoms with Gasteiger partial charge in [-0.2, -0.15) is 13.2 Å². The molecule has 3 rings (SSSR count). The van der Waals surface area contributed by atoms with E-state index in [0.717, 1.165) is 13.0 Å². The minimum atomic E-state index is -5.08. The molecular weight excluding hydrogens is 483 g/mol. The molecule has 2 aliphatic heterocycles. The van der Waals surface area contributed by atoms with Crippen molar-refractivity contribution in [2.24, 2.45) is 5.92 Å². The van der Waals surface area contributed by atoms with Crippen molar-refractivity contribution in [1.29, 1.82) is 0 Å². The molecule has 0 saturated carbocycles. The molecule has 1 aromatic carbocycles. The predicted molar refractivity (Wildman–Crippen MR) is 125 cm³/mol. The van der Waals surface area contributed by atoms with Gasteiger partial charge in [-0.25, -0.2) is 4.79 Å². The summed E-state index contributed by atoms with van der Waals surface area (Å²) in [5.41, 5.74) is -0.459. The molecule has 0 aromatic heterocycles. The molecule has 1 unspecified atom stereocenters. The van der Waals surface area contributed by atoms with E-state index in [1.807, 2.05) is 24.3 Å². The van der Waals surface area contributed by atoms with Crippen LogP contribution in [0.25, 0.3) is 0 Å². The van der Waals surface area contributed by atoms with Gasteiger partial charge < -0.3 is 30.5 Å². The van der Waals surface area contributed by atoms with Crippen molar-refractivity contribution in [3.8, 4) is 5.75 Å². The molecular formula is C24H32F3N3O6. The molecule has 0 aliphatic carbocycles. The normalized spacial score (nSPS) is 24.2. The Bertz CT molecular complexity index is 930. The van der Waals surface area contributed by atoms with Crippen LogP contribution < -0.4 is 20.7 Å². The van der Waals surface area contributed by atoms with Crippen LogP contribution in [0.3, 0.4) is 0 Å². The average molecular weight is 516 g/mol. The first-order valence-corrected chi connectivity index (χ1v) is 11.6. The van der Waals surface area contributed by atoms with Crippen molar-refractivity contribution in [3.05, 3.63) is 42.0 Å². The number of para-hydroxylation sites is 1. The van der Waals surface area contributed by atoms with Gasteiger partial charge in [0.25, 0.3) is 11.8 Å². The number of rotatable bonds is 2. The Morgan fingerprint density at radius 1 is 1.22 bits per heavy atom. The van der Waals surface area contributed by atoms with E-state index in [-0.39, 0.29) is 17.9 Å². The van der Waals surface area contributed by atoms with Gasteiger partial charge in [-0.3, -0.25) is 9.59 Å². The summed E-state index contributed by atoms with van der Waals surface area (Å²) >= 11 is 0. The molecule has 9 nitrogen and oxygen atoms in total. The van der Waals surface area contributed by atoms with Crippen molar-refractivity contribution < 1.29 is 42.1 Å². The van der Waals surface area contributed by atoms with E-state index in [9.17, 15) is 22.8 Å². The molecule has 36 heavy (non-hydrogen) atoms. The monoisotopic (exact) mass is 515 g/mol. The number of fused-ring (bicyclic) bond motifs is 1. The van der Waals surface area contributed by atoms with Crippen LogP contribution in [-0.4, -0.2) is 73.6 Å². The van der Waals surface area contributed by atoms with E-state index in [1.54, 1.807) is 12.1 Å². The van der Waals surface area contributed by atoms with Crippen LogP contribution in [0, 0.1) is 5.92 Å². The molecule has 1 aromatic rings. The summed E-state index contributed by atoms with van der Waals surface area (Å²) < 4.78 is 43.5. The lowest BCUT2D eigenvalue weighted by atomic mass is 9.94. The number of carboxylic acid groups (broad SMARTS) is 1. The third kappa shape index (κ3) is 8.83. The highest BCUT2D eigenvalue weighted by Crippen LogP contribution is 2.22. The van der Waals surface area contributed by atoms with Crippen LogP contribution in [0.5, 0.6) is 5.75 Å². The first-order valence-electron chi connectivity index (χ1n) is 11.6. The Balaban J connectivity index is 0.000000572. The van der Waals surface area contributed by atoms with Crippen molar-refractivity contribution in [2.75, 3.05) is 32.8 Å². The van der Waals surface area contributed by atoms with Gasteiger partial charge in [-0.15, -0.1) is 0 Å². The number of benzene rings is 1. The average Bonchev–Trinajstić information content (AvgIpc) is 2.82. The maximum atomic E-state index is 13.2. The molecule has 0 radical (unpaired) electrons. The van der Waals surface area contributed by atoms with E-state index in [1.165, 1.54) is 0 Å². The van der Waals surface area contributed by atoms with Gasteiger partial charge in [0.15, 0.2) is 5.60 Å². The Hall–Kier alpha value is -3.12. The molecule has 2 aliphatic rings. The van der Waals surface area contributed by atoms with Gasteiger partial charge >= 0.3 is 12.1 Å². The summed E-state index contributed by atoms with van der Waals surface area (Å²) in [6.07, 6.45) is -0.0986. The fourth-order valence-electron chi connectivity index (χ4n) is 3.68. The summed E-state index contributed by atoms with van der Waals surface area (Å²) in [5.74, 6) is -2.20. The molecule has 1 saturated heterocycles. The minimum absolute atomic E-state index is 0.146. The van der Waals surface area contributed by atoms with Crippen LogP contribution in [0.1, 0.15) is 37.0 Å². The smallest absolute Gasteiger partial charge is 0.489 e. The highest BCUT2D eigenvalue weighted by Gasteiger charge is 2.41. The number of halogens is 3. The van der Waals surface area contributed by atoms with Crippen molar-refractivity contribution in [1.82, 2.24) is 16.0 Å². The lowest BCUT2D eigenvalue weighted by molar-refractivity contribution is -0.192. The number of nitrogens with one attached hydrogen (secondary N) is 3. The lowest BCUT2D eigenvalue weighted by Crippen LogP contribution is -2.61. The van der Waals surface area contributed by atoms with Crippen LogP contribution in [0.2, 0.25) is 0 Å². The summed E-state index contributed by atoms with van der Waals surface area (Å²) in [5, 5.41) is 16.5. The number of carbonyl (C=O) groups excluding carboxylic acids is 2. The third-order valence-electron chi connectivity index (χ3n) is 5.41. The second kappa shape index (κ2) is 13.3. The van der Waals surface area contributed by atoms with Crippen LogP contribution in [0.4, 0.5) is 13.2 Å².